The van der Waals surface area contributed by atoms with E-state index in [1.54, 1.807) is 0 Å². The Morgan fingerprint density at radius 2 is 1.88 bits per heavy atom. The molecule has 4 aliphatic rings. The summed E-state index contributed by atoms with van der Waals surface area (Å²) in [5, 5.41) is 0. The van der Waals surface area contributed by atoms with E-state index in [9.17, 15) is 4.79 Å². The van der Waals surface area contributed by atoms with E-state index >= 15 is 0 Å². The lowest BCUT2D eigenvalue weighted by Gasteiger charge is -2.72. The molecule has 1 heteroatoms. The molecule has 0 heterocycles. The second kappa shape index (κ2) is 2.91. The fraction of sp³-hybridized carbons (Fsp3) is 0.933. The molecule has 4 aliphatic carbocycles. The van der Waals surface area contributed by atoms with Crippen LogP contribution in [0.15, 0.2) is 0 Å². The summed E-state index contributed by atoms with van der Waals surface area (Å²) < 4.78 is 0. The molecule has 0 aromatic carbocycles. The average Bonchev–Trinajstić information content (AvgIpc) is 2.15. The smallest absolute Gasteiger partial charge is 0.124 e. The highest BCUT2D eigenvalue weighted by molar-refractivity contribution is 5.60. The van der Waals surface area contributed by atoms with Gasteiger partial charge in [0.05, 0.1) is 0 Å². The second-order valence-electron chi connectivity index (χ2n) is 7.61. The van der Waals surface area contributed by atoms with Crippen LogP contribution in [0.3, 0.4) is 0 Å². The number of carbonyl (C=O) groups is 1. The number of aldehydes is 1. The molecule has 4 saturated carbocycles. The Morgan fingerprint density at radius 1 is 1.12 bits per heavy atom. The summed E-state index contributed by atoms with van der Waals surface area (Å²) in [6, 6.07) is 0. The van der Waals surface area contributed by atoms with Crippen LogP contribution in [0.25, 0.3) is 0 Å². The number of carbonyl (C=O) groups excluding carboxylic acids is 1. The maximum atomic E-state index is 11.5. The van der Waals surface area contributed by atoms with Gasteiger partial charge in [-0.3, -0.25) is 0 Å². The van der Waals surface area contributed by atoms with Crippen molar-refractivity contribution in [3.8, 4) is 0 Å². The largest absolute Gasteiger partial charge is 0.303 e. The highest BCUT2D eigenvalue weighted by Crippen LogP contribution is 2.75. The van der Waals surface area contributed by atoms with Gasteiger partial charge < -0.3 is 4.79 Å². The van der Waals surface area contributed by atoms with Gasteiger partial charge in [0, 0.05) is 5.92 Å². The van der Waals surface area contributed by atoms with E-state index in [0.717, 1.165) is 5.92 Å². The minimum atomic E-state index is 0.367. The van der Waals surface area contributed by atoms with Crippen LogP contribution in [-0.2, 0) is 4.79 Å². The lowest BCUT2D eigenvalue weighted by atomic mass is 9.32. The predicted molar refractivity (Wildman–Crippen MR) is 65.1 cm³/mol. The fourth-order valence-corrected chi connectivity index (χ4v) is 5.81. The van der Waals surface area contributed by atoms with E-state index in [0.29, 0.717) is 22.2 Å². The second-order valence-corrected chi connectivity index (χ2v) is 7.61. The van der Waals surface area contributed by atoms with Crippen LogP contribution in [0.5, 0.6) is 0 Å². The molecule has 0 aromatic heterocycles. The lowest BCUT2D eigenvalue weighted by Crippen LogP contribution is -2.66. The van der Waals surface area contributed by atoms with Gasteiger partial charge in [-0.15, -0.1) is 0 Å². The number of fused-ring (bicyclic) bond motifs is 1. The number of rotatable bonds is 1. The van der Waals surface area contributed by atoms with Crippen molar-refractivity contribution in [2.45, 2.75) is 59.3 Å². The number of hydrogen-bond donors (Lipinski definition) is 0. The van der Waals surface area contributed by atoms with E-state index in [1.807, 2.05) is 0 Å². The van der Waals surface area contributed by atoms with E-state index < -0.39 is 0 Å². The van der Waals surface area contributed by atoms with Crippen molar-refractivity contribution in [2.75, 3.05) is 0 Å². The van der Waals surface area contributed by atoms with Crippen LogP contribution in [0, 0.1) is 28.1 Å². The first kappa shape index (κ1) is 10.8. The topological polar surface area (TPSA) is 17.1 Å². The SMILES string of the molecule is CC1(C)CCC[C@]23CC(C)(CC[C@@H]12)[C@H]3C=O. The molecule has 0 aliphatic heterocycles. The first-order chi connectivity index (χ1) is 7.45. The molecule has 16 heavy (non-hydrogen) atoms. The molecule has 1 unspecified atom stereocenters. The van der Waals surface area contributed by atoms with Crippen LogP contribution in [-0.4, -0.2) is 6.29 Å². The zero-order chi connectivity index (χ0) is 11.6. The van der Waals surface area contributed by atoms with Crippen molar-refractivity contribution in [3.63, 3.8) is 0 Å². The molecule has 0 radical (unpaired) electrons. The van der Waals surface area contributed by atoms with Crippen LogP contribution in [0.1, 0.15) is 59.3 Å². The van der Waals surface area contributed by atoms with Crippen LogP contribution in [0.2, 0.25) is 0 Å². The van der Waals surface area contributed by atoms with Gasteiger partial charge in [-0.25, -0.2) is 0 Å². The van der Waals surface area contributed by atoms with Crippen LogP contribution >= 0.6 is 0 Å². The van der Waals surface area contributed by atoms with Gasteiger partial charge >= 0.3 is 0 Å². The van der Waals surface area contributed by atoms with Gasteiger partial charge in [-0.1, -0.05) is 27.2 Å². The van der Waals surface area contributed by atoms with Crippen LogP contribution in [0.4, 0.5) is 0 Å². The van der Waals surface area contributed by atoms with Gasteiger partial charge in [-0.2, -0.15) is 0 Å². The Balaban J connectivity index is 1.99. The third kappa shape index (κ3) is 1.05. The van der Waals surface area contributed by atoms with E-state index in [2.05, 4.69) is 20.8 Å². The van der Waals surface area contributed by atoms with Gasteiger partial charge in [-0.05, 0) is 54.3 Å². The maximum Gasteiger partial charge on any atom is 0.124 e. The summed E-state index contributed by atoms with van der Waals surface area (Å²) >= 11 is 0. The van der Waals surface area contributed by atoms with Gasteiger partial charge in [0.2, 0.25) is 0 Å². The highest BCUT2D eigenvalue weighted by atomic mass is 16.1. The summed E-state index contributed by atoms with van der Waals surface area (Å²) in [5.74, 6) is 1.18. The zero-order valence-electron chi connectivity index (χ0n) is 10.9. The minimum Gasteiger partial charge on any atom is -0.303 e. The highest BCUT2D eigenvalue weighted by Gasteiger charge is 2.69. The Bertz CT molecular complexity index is 332. The molecule has 4 fully saturated rings. The monoisotopic (exact) mass is 220 g/mol. The summed E-state index contributed by atoms with van der Waals surface area (Å²) in [4.78, 5) is 11.5. The molecule has 4 atom stereocenters. The Morgan fingerprint density at radius 3 is 2.56 bits per heavy atom. The summed E-state index contributed by atoms with van der Waals surface area (Å²) in [5.41, 5.74) is 1.25. The third-order valence-corrected chi connectivity index (χ3v) is 6.34. The molecule has 1 nitrogen and oxygen atoms in total. The molecular formula is C15H24O. The Hall–Kier alpha value is -0.330. The quantitative estimate of drug-likeness (QED) is 0.614. The van der Waals surface area contributed by atoms with Crippen molar-refractivity contribution in [3.05, 3.63) is 0 Å². The summed E-state index contributed by atoms with van der Waals surface area (Å²) in [7, 11) is 0. The van der Waals surface area contributed by atoms with Gasteiger partial charge in [0.1, 0.15) is 6.29 Å². The zero-order valence-corrected chi connectivity index (χ0v) is 10.9. The van der Waals surface area contributed by atoms with Crippen molar-refractivity contribution in [1.82, 2.24) is 0 Å². The first-order valence-corrected chi connectivity index (χ1v) is 6.90. The Kier molecular flexibility index (Phi) is 1.97. The average molecular weight is 220 g/mol. The molecule has 4 rings (SSSR count). The molecule has 0 N–H and O–H groups in total. The van der Waals surface area contributed by atoms with Crippen LogP contribution < -0.4 is 0 Å². The summed E-state index contributed by atoms with van der Waals surface area (Å²) in [6.45, 7) is 7.21. The maximum absolute atomic E-state index is 11.5. The van der Waals surface area contributed by atoms with E-state index in [1.165, 1.54) is 44.8 Å². The molecule has 1 spiro atoms. The minimum absolute atomic E-state index is 0.367. The van der Waals surface area contributed by atoms with E-state index in [4.69, 9.17) is 0 Å². The van der Waals surface area contributed by atoms with Gasteiger partial charge in [0.25, 0.3) is 0 Å². The molecule has 0 amide bonds. The molecule has 0 saturated heterocycles. The number of hydrogen-bond acceptors (Lipinski definition) is 1. The van der Waals surface area contributed by atoms with E-state index in [-0.39, 0.29) is 0 Å². The van der Waals surface area contributed by atoms with Crippen molar-refractivity contribution in [1.29, 1.82) is 0 Å². The van der Waals surface area contributed by atoms with Crippen molar-refractivity contribution < 1.29 is 4.79 Å². The van der Waals surface area contributed by atoms with Crippen molar-refractivity contribution in [2.24, 2.45) is 28.1 Å². The third-order valence-electron chi connectivity index (χ3n) is 6.34. The first-order valence-electron chi connectivity index (χ1n) is 6.90. The normalized spacial score (nSPS) is 53.7. The Labute approximate surface area is 99.0 Å². The summed E-state index contributed by atoms with van der Waals surface area (Å²) in [6.07, 6.45) is 9.31. The molecule has 90 valence electrons. The predicted octanol–water partition coefficient (Wildman–Crippen LogP) is 3.82. The van der Waals surface area contributed by atoms with Gasteiger partial charge in [0.15, 0.2) is 0 Å². The van der Waals surface area contributed by atoms with Crippen molar-refractivity contribution >= 4 is 6.29 Å². The fourth-order valence-electron chi connectivity index (χ4n) is 5.81. The lowest BCUT2D eigenvalue weighted by molar-refractivity contribution is -0.231. The standard InChI is InChI=1S/C15H24O/c1-13(2)6-4-7-15-10-14(3,12(15)9-16)8-5-11(13)15/h9,11-12H,4-8,10H2,1-3H3/t11-,12+,14?,15-/m0/s1. The molecular weight excluding hydrogens is 196 g/mol. The molecule has 2 bridgehead atoms. The molecule has 0 aromatic rings.